The van der Waals surface area contributed by atoms with Gasteiger partial charge in [-0.2, -0.15) is 0 Å². The number of hydrogen-bond donors (Lipinski definition) is 1. The lowest BCUT2D eigenvalue weighted by Gasteiger charge is -2.06. The largest absolute Gasteiger partial charge is 0.316 e. The summed E-state index contributed by atoms with van der Waals surface area (Å²) in [5.41, 5.74) is 2.12. The highest BCUT2D eigenvalue weighted by Crippen LogP contribution is 2.14. The molecule has 17 heavy (non-hydrogen) atoms. The van der Waals surface area contributed by atoms with Crippen LogP contribution < -0.4 is 5.32 Å². The average Bonchev–Trinajstić information content (AvgIpc) is 2.82. The van der Waals surface area contributed by atoms with Gasteiger partial charge in [0.2, 0.25) is 0 Å². The van der Waals surface area contributed by atoms with E-state index in [9.17, 15) is 4.79 Å². The molecule has 1 aromatic heterocycles. The molecule has 0 bridgehead atoms. The predicted molar refractivity (Wildman–Crippen MR) is 67.9 cm³/mol. The second-order valence-corrected chi connectivity index (χ2v) is 4.79. The smallest absolute Gasteiger partial charge is 0.139 e. The van der Waals surface area contributed by atoms with Crippen molar-refractivity contribution in [3.8, 4) is 0 Å². The molecule has 3 nitrogen and oxygen atoms in total. The number of hydrogen-bond acceptors (Lipinski definition) is 3. The van der Waals surface area contributed by atoms with Crippen molar-refractivity contribution in [3.63, 3.8) is 0 Å². The van der Waals surface area contributed by atoms with E-state index in [0.717, 1.165) is 31.6 Å². The van der Waals surface area contributed by atoms with Crippen LogP contribution in [0.2, 0.25) is 0 Å². The maximum absolute atomic E-state index is 11.9. The molecule has 3 heteroatoms. The van der Waals surface area contributed by atoms with Crippen molar-refractivity contribution < 1.29 is 4.79 Å². The van der Waals surface area contributed by atoms with Crippen LogP contribution in [0.1, 0.15) is 31.0 Å². The Bertz CT molecular complexity index is 366. The lowest BCUT2D eigenvalue weighted by Crippen LogP contribution is -2.14. The Balaban J connectivity index is 1.84. The van der Waals surface area contributed by atoms with Gasteiger partial charge in [-0.25, -0.2) is 0 Å². The summed E-state index contributed by atoms with van der Waals surface area (Å²) in [7, 11) is 0. The molecule has 1 saturated heterocycles. The van der Waals surface area contributed by atoms with Crippen LogP contribution in [0.15, 0.2) is 18.3 Å². The van der Waals surface area contributed by atoms with Crippen LogP contribution in [-0.2, 0) is 17.6 Å². The number of aryl methyl sites for hydroxylation is 1. The van der Waals surface area contributed by atoms with E-state index >= 15 is 0 Å². The first-order valence-corrected chi connectivity index (χ1v) is 6.44. The van der Waals surface area contributed by atoms with E-state index in [2.05, 4.69) is 23.3 Å². The van der Waals surface area contributed by atoms with Crippen molar-refractivity contribution in [2.75, 3.05) is 13.1 Å². The molecule has 0 amide bonds. The first kappa shape index (κ1) is 12.2. The number of carbonyl (C=O) groups is 1. The number of rotatable bonds is 5. The number of ketones is 1. The number of carbonyl (C=O) groups excluding carboxylic acids is 1. The summed E-state index contributed by atoms with van der Waals surface area (Å²) >= 11 is 0. The van der Waals surface area contributed by atoms with Crippen LogP contribution in [0.3, 0.4) is 0 Å². The van der Waals surface area contributed by atoms with Gasteiger partial charge in [0.1, 0.15) is 5.78 Å². The lowest BCUT2D eigenvalue weighted by molar-refractivity contribution is -0.119. The molecule has 1 aliphatic heterocycles. The number of nitrogens with zero attached hydrogens (tertiary/aromatic N) is 1. The van der Waals surface area contributed by atoms with Gasteiger partial charge in [0.15, 0.2) is 0 Å². The van der Waals surface area contributed by atoms with E-state index < -0.39 is 0 Å². The Hall–Kier alpha value is -1.22. The van der Waals surface area contributed by atoms with E-state index in [4.69, 9.17) is 0 Å². The molecule has 1 aliphatic rings. The SMILES string of the molecule is CCc1ccc(CC(=O)CC2CCNC2)nc1. The molecular formula is C14H20N2O. The summed E-state index contributed by atoms with van der Waals surface area (Å²) in [5, 5.41) is 3.29. The van der Waals surface area contributed by atoms with Crippen molar-refractivity contribution in [2.24, 2.45) is 5.92 Å². The maximum Gasteiger partial charge on any atom is 0.139 e. The molecule has 0 saturated carbocycles. The highest BCUT2D eigenvalue weighted by Gasteiger charge is 2.18. The topological polar surface area (TPSA) is 42.0 Å². The zero-order valence-electron chi connectivity index (χ0n) is 10.4. The molecule has 1 unspecified atom stereocenters. The third kappa shape index (κ3) is 3.63. The number of pyridine rings is 1. The zero-order chi connectivity index (χ0) is 12.1. The molecule has 0 radical (unpaired) electrons. The minimum Gasteiger partial charge on any atom is -0.316 e. The van der Waals surface area contributed by atoms with Gasteiger partial charge < -0.3 is 5.32 Å². The van der Waals surface area contributed by atoms with Crippen molar-refractivity contribution in [1.29, 1.82) is 0 Å². The predicted octanol–water partition coefficient (Wildman–Crippen LogP) is 1.76. The van der Waals surface area contributed by atoms with Gasteiger partial charge in [0, 0.05) is 24.7 Å². The van der Waals surface area contributed by atoms with E-state index in [1.807, 2.05) is 12.3 Å². The molecule has 0 aromatic carbocycles. The molecule has 92 valence electrons. The van der Waals surface area contributed by atoms with Crippen LogP contribution in [0.4, 0.5) is 0 Å². The van der Waals surface area contributed by atoms with E-state index in [-0.39, 0.29) is 0 Å². The average molecular weight is 232 g/mol. The Kier molecular flexibility index (Phi) is 4.26. The monoisotopic (exact) mass is 232 g/mol. The van der Waals surface area contributed by atoms with Crippen LogP contribution in [0, 0.1) is 5.92 Å². The van der Waals surface area contributed by atoms with Gasteiger partial charge in [-0.15, -0.1) is 0 Å². The highest BCUT2D eigenvalue weighted by molar-refractivity contribution is 5.80. The fourth-order valence-corrected chi connectivity index (χ4v) is 2.25. The first-order chi connectivity index (χ1) is 8.28. The van der Waals surface area contributed by atoms with Gasteiger partial charge in [-0.1, -0.05) is 13.0 Å². The third-order valence-electron chi connectivity index (χ3n) is 3.35. The van der Waals surface area contributed by atoms with E-state index in [1.54, 1.807) is 0 Å². The minimum absolute atomic E-state index is 0.315. The fraction of sp³-hybridized carbons (Fsp3) is 0.571. The molecule has 1 fully saturated rings. The molecule has 2 heterocycles. The summed E-state index contributed by atoms with van der Waals surface area (Å²) in [6.45, 7) is 4.16. The molecule has 0 aliphatic carbocycles. The summed E-state index contributed by atoms with van der Waals surface area (Å²) in [5.74, 6) is 0.855. The van der Waals surface area contributed by atoms with E-state index in [0.29, 0.717) is 24.5 Å². The molecule has 1 atom stereocenters. The quantitative estimate of drug-likeness (QED) is 0.841. The number of aromatic nitrogens is 1. The van der Waals surface area contributed by atoms with Crippen molar-refractivity contribution in [2.45, 2.75) is 32.6 Å². The van der Waals surface area contributed by atoms with Gasteiger partial charge in [0.25, 0.3) is 0 Å². The zero-order valence-corrected chi connectivity index (χ0v) is 10.4. The molecule has 1 N–H and O–H groups in total. The summed E-state index contributed by atoms with van der Waals surface area (Å²) in [4.78, 5) is 16.2. The summed E-state index contributed by atoms with van der Waals surface area (Å²) < 4.78 is 0. The molecular weight excluding hydrogens is 212 g/mol. The van der Waals surface area contributed by atoms with Gasteiger partial charge in [0.05, 0.1) is 0 Å². The van der Waals surface area contributed by atoms with Crippen LogP contribution in [0.25, 0.3) is 0 Å². The van der Waals surface area contributed by atoms with Crippen molar-refractivity contribution in [1.82, 2.24) is 10.3 Å². The third-order valence-corrected chi connectivity index (χ3v) is 3.35. The Morgan fingerprint density at radius 1 is 1.53 bits per heavy atom. The summed E-state index contributed by atoms with van der Waals surface area (Å²) in [6, 6.07) is 4.04. The van der Waals surface area contributed by atoms with E-state index in [1.165, 1.54) is 5.56 Å². The van der Waals surface area contributed by atoms with Gasteiger partial charge in [-0.3, -0.25) is 9.78 Å². The van der Waals surface area contributed by atoms with Crippen LogP contribution in [-0.4, -0.2) is 23.9 Å². The minimum atomic E-state index is 0.315. The highest BCUT2D eigenvalue weighted by atomic mass is 16.1. The Labute approximate surface area is 103 Å². The first-order valence-electron chi connectivity index (χ1n) is 6.44. The number of nitrogens with one attached hydrogen (secondary N) is 1. The second-order valence-electron chi connectivity index (χ2n) is 4.79. The van der Waals surface area contributed by atoms with Crippen molar-refractivity contribution in [3.05, 3.63) is 29.6 Å². The second kappa shape index (κ2) is 5.92. The van der Waals surface area contributed by atoms with Crippen molar-refractivity contribution >= 4 is 5.78 Å². The normalized spacial score (nSPS) is 19.5. The van der Waals surface area contributed by atoms with Crippen LogP contribution >= 0.6 is 0 Å². The van der Waals surface area contributed by atoms with Crippen LogP contribution in [0.5, 0.6) is 0 Å². The van der Waals surface area contributed by atoms with Gasteiger partial charge in [-0.05, 0) is 43.5 Å². The van der Waals surface area contributed by atoms with Gasteiger partial charge >= 0.3 is 0 Å². The lowest BCUT2D eigenvalue weighted by atomic mass is 9.99. The molecule has 2 rings (SSSR count). The Morgan fingerprint density at radius 3 is 3.00 bits per heavy atom. The molecule has 1 aromatic rings. The fourth-order valence-electron chi connectivity index (χ4n) is 2.25. The standard InChI is InChI=1S/C14H20N2O/c1-2-11-3-4-13(16-10-11)8-14(17)7-12-5-6-15-9-12/h3-4,10,12,15H,2,5-9H2,1H3. The maximum atomic E-state index is 11.9. The Morgan fingerprint density at radius 2 is 2.41 bits per heavy atom. The summed E-state index contributed by atoms with van der Waals surface area (Å²) in [6.07, 6.45) is 5.19. The number of Topliss-reactive ketones (excluding diaryl/α,β-unsaturated/α-hetero) is 1. The molecule has 0 spiro atoms.